The molecule has 82 valence electrons. The molecule has 0 fully saturated rings. The maximum Gasteiger partial charge on any atom is 0.431 e. The van der Waals surface area contributed by atoms with Gasteiger partial charge in [0.05, 0.1) is 5.02 Å². The predicted molar refractivity (Wildman–Crippen MR) is 44.0 cm³/mol. The summed E-state index contributed by atoms with van der Waals surface area (Å²) in [6, 6.07) is 0.354. The van der Waals surface area contributed by atoms with Gasteiger partial charge in [0.15, 0.2) is 0 Å². The van der Waals surface area contributed by atoms with E-state index in [1.807, 2.05) is 0 Å². The number of aromatic carboxylic acids is 1. The van der Waals surface area contributed by atoms with Gasteiger partial charge in [-0.15, -0.1) is 0 Å². The number of carboxylic acid groups (broad SMARTS) is 1. The van der Waals surface area contributed by atoms with Crippen LogP contribution in [0, 0.1) is 0 Å². The van der Waals surface area contributed by atoms with Crippen LogP contribution in [0.3, 0.4) is 0 Å². The standard InChI is InChI=1S/C7H3ClF3NO3/c8-2-1-3(7(9,10)11)12-5(13)4(2)6(14)15/h1H,(H,12,13)(H,14,15). The third kappa shape index (κ3) is 2.30. The summed E-state index contributed by atoms with van der Waals surface area (Å²) in [5, 5.41) is 7.70. The Balaban J connectivity index is 3.46. The molecule has 0 saturated heterocycles. The van der Waals surface area contributed by atoms with E-state index in [1.54, 1.807) is 0 Å². The van der Waals surface area contributed by atoms with Crippen LogP contribution in [0.15, 0.2) is 10.9 Å². The molecule has 0 aliphatic heterocycles. The first-order valence-corrected chi connectivity index (χ1v) is 3.84. The van der Waals surface area contributed by atoms with E-state index in [2.05, 4.69) is 0 Å². The summed E-state index contributed by atoms with van der Waals surface area (Å²) in [5.41, 5.74) is -3.69. The summed E-state index contributed by atoms with van der Waals surface area (Å²) >= 11 is 5.23. The average molecular weight is 242 g/mol. The lowest BCUT2D eigenvalue weighted by molar-refractivity contribution is -0.141. The van der Waals surface area contributed by atoms with Crippen LogP contribution in [-0.4, -0.2) is 16.1 Å². The van der Waals surface area contributed by atoms with Crippen molar-refractivity contribution in [3.05, 3.63) is 32.7 Å². The van der Waals surface area contributed by atoms with Crippen molar-refractivity contribution in [1.82, 2.24) is 4.98 Å². The number of pyridine rings is 1. The van der Waals surface area contributed by atoms with Gasteiger partial charge in [0.2, 0.25) is 0 Å². The lowest BCUT2D eigenvalue weighted by atomic mass is 10.2. The smallest absolute Gasteiger partial charge is 0.431 e. The number of aromatic amines is 1. The van der Waals surface area contributed by atoms with Crippen molar-refractivity contribution in [2.45, 2.75) is 6.18 Å². The molecule has 1 rings (SSSR count). The summed E-state index contributed by atoms with van der Waals surface area (Å²) in [7, 11) is 0. The van der Waals surface area contributed by atoms with Crippen LogP contribution in [-0.2, 0) is 6.18 Å². The molecule has 1 heterocycles. The van der Waals surface area contributed by atoms with Crippen LogP contribution >= 0.6 is 11.6 Å². The number of rotatable bonds is 1. The maximum absolute atomic E-state index is 12.1. The summed E-state index contributed by atoms with van der Waals surface area (Å²) < 4.78 is 36.3. The van der Waals surface area contributed by atoms with Gasteiger partial charge in [-0.2, -0.15) is 13.2 Å². The summed E-state index contributed by atoms with van der Waals surface area (Å²) in [6.45, 7) is 0. The second-order valence-electron chi connectivity index (χ2n) is 2.54. The highest BCUT2D eigenvalue weighted by Crippen LogP contribution is 2.28. The number of carboxylic acids is 1. The Labute approximate surface area is 85.3 Å². The van der Waals surface area contributed by atoms with E-state index < -0.39 is 34.0 Å². The molecule has 0 saturated carbocycles. The van der Waals surface area contributed by atoms with E-state index in [4.69, 9.17) is 16.7 Å². The van der Waals surface area contributed by atoms with Crippen molar-refractivity contribution >= 4 is 17.6 Å². The molecule has 4 nitrogen and oxygen atoms in total. The zero-order chi connectivity index (χ0) is 11.8. The molecule has 1 aromatic rings. The summed E-state index contributed by atoms with van der Waals surface area (Å²) in [5.74, 6) is -1.69. The fraction of sp³-hybridized carbons (Fsp3) is 0.143. The lowest BCUT2D eigenvalue weighted by Crippen LogP contribution is -2.22. The number of halogens is 4. The number of alkyl halides is 3. The SMILES string of the molecule is O=C(O)c1c(Cl)cc(C(F)(F)F)[nH]c1=O. The molecule has 0 spiro atoms. The van der Waals surface area contributed by atoms with E-state index in [0.717, 1.165) is 0 Å². The van der Waals surface area contributed by atoms with Gasteiger partial charge in [0.25, 0.3) is 5.56 Å². The lowest BCUT2D eigenvalue weighted by Gasteiger charge is -2.07. The molecule has 1 aromatic heterocycles. The topological polar surface area (TPSA) is 70.2 Å². The molecule has 0 unspecified atom stereocenters. The van der Waals surface area contributed by atoms with Gasteiger partial charge in [-0.3, -0.25) is 4.79 Å². The molecular formula is C7H3ClF3NO3. The van der Waals surface area contributed by atoms with Crippen molar-refractivity contribution in [2.75, 3.05) is 0 Å². The predicted octanol–water partition coefficient (Wildman–Crippen LogP) is 1.75. The molecule has 0 atom stereocenters. The van der Waals surface area contributed by atoms with Crippen molar-refractivity contribution in [3.63, 3.8) is 0 Å². The largest absolute Gasteiger partial charge is 0.477 e. The third-order valence-corrected chi connectivity index (χ3v) is 1.80. The molecule has 0 aliphatic rings. The van der Waals surface area contributed by atoms with E-state index in [-0.39, 0.29) is 0 Å². The van der Waals surface area contributed by atoms with Crippen LogP contribution in [0.2, 0.25) is 5.02 Å². The average Bonchev–Trinajstić information content (AvgIpc) is 1.99. The molecule has 2 N–H and O–H groups in total. The van der Waals surface area contributed by atoms with Crippen LogP contribution < -0.4 is 5.56 Å². The minimum Gasteiger partial charge on any atom is -0.477 e. The Bertz CT molecular complexity index is 466. The summed E-state index contributed by atoms with van der Waals surface area (Å²) in [4.78, 5) is 22.7. The Kier molecular flexibility index (Phi) is 2.76. The normalized spacial score (nSPS) is 11.5. The van der Waals surface area contributed by atoms with Gasteiger partial charge in [-0.1, -0.05) is 11.6 Å². The van der Waals surface area contributed by atoms with Crippen molar-refractivity contribution in [2.24, 2.45) is 0 Å². The molecule has 0 bridgehead atoms. The first kappa shape index (κ1) is 11.6. The minimum atomic E-state index is -4.78. The van der Waals surface area contributed by atoms with Gasteiger partial charge >= 0.3 is 12.1 Å². The van der Waals surface area contributed by atoms with Gasteiger partial charge in [0.1, 0.15) is 11.3 Å². The maximum atomic E-state index is 12.1. The van der Waals surface area contributed by atoms with Gasteiger partial charge in [-0.05, 0) is 6.07 Å². The molecule has 0 aliphatic carbocycles. The van der Waals surface area contributed by atoms with E-state index in [0.29, 0.717) is 6.07 Å². The van der Waals surface area contributed by atoms with Crippen molar-refractivity contribution in [1.29, 1.82) is 0 Å². The van der Waals surface area contributed by atoms with E-state index >= 15 is 0 Å². The number of carbonyl (C=O) groups is 1. The van der Waals surface area contributed by atoms with Crippen LogP contribution in [0.5, 0.6) is 0 Å². The Morgan fingerprint density at radius 2 is 2.00 bits per heavy atom. The Morgan fingerprint density at radius 1 is 1.47 bits per heavy atom. The molecular weight excluding hydrogens is 239 g/mol. The molecule has 0 amide bonds. The highest BCUT2D eigenvalue weighted by Gasteiger charge is 2.33. The van der Waals surface area contributed by atoms with Crippen molar-refractivity contribution < 1.29 is 23.1 Å². The molecule has 0 radical (unpaired) electrons. The van der Waals surface area contributed by atoms with Crippen LogP contribution in [0.1, 0.15) is 16.1 Å². The Hall–Kier alpha value is -1.50. The molecule has 15 heavy (non-hydrogen) atoms. The van der Waals surface area contributed by atoms with Gasteiger partial charge < -0.3 is 10.1 Å². The highest BCUT2D eigenvalue weighted by atomic mass is 35.5. The molecule has 8 heteroatoms. The second kappa shape index (κ2) is 3.58. The van der Waals surface area contributed by atoms with Gasteiger partial charge in [0, 0.05) is 0 Å². The highest BCUT2D eigenvalue weighted by molar-refractivity contribution is 6.33. The van der Waals surface area contributed by atoms with Crippen molar-refractivity contribution in [3.8, 4) is 0 Å². The number of nitrogens with one attached hydrogen (secondary N) is 1. The second-order valence-corrected chi connectivity index (χ2v) is 2.95. The van der Waals surface area contributed by atoms with Crippen LogP contribution in [0.25, 0.3) is 0 Å². The zero-order valence-electron chi connectivity index (χ0n) is 6.85. The Morgan fingerprint density at radius 3 is 2.33 bits per heavy atom. The zero-order valence-corrected chi connectivity index (χ0v) is 7.61. The fourth-order valence-electron chi connectivity index (χ4n) is 0.880. The van der Waals surface area contributed by atoms with E-state index in [1.165, 1.54) is 4.98 Å². The number of hydrogen-bond donors (Lipinski definition) is 2. The first-order valence-electron chi connectivity index (χ1n) is 3.47. The molecule has 0 aromatic carbocycles. The quantitative estimate of drug-likeness (QED) is 0.787. The number of hydrogen-bond acceptors (Lipinski definition) is 2. The number of H-pyrrole nitrogens is 1. The van der Waals surface area contributed by atoms with Gasteiger partial charge in [-0.25, -0.2) is 4.79 Å². The minimum absolute atomic E-state index is 0.354. The first-order chi connectivity index (χ1) is 6.73. The summed E-state index contributed by atoms with van der Waals surface area (Å²) in [6.07, 6.45) is -4.78. The monoisotopic (exact) mass is 241 g/mol. The van der Waals surface area contributed by atoms with E-state index in [9.17, 15) is 22.8 Å². The number of aromatic nitrogens is 1. The fourth-order valence-corrected chi connectivity index (χ4v) is 1.16. The van der Waals surface area contributed by atoms with Crippen LogP contribution in [0.4, 0.5) is 13.2 Å². The third-order valence-electron chi connectivity index (χ3n) is 1.50.